The number of hydrazine groups is 1. The lowest BCUT2D eigenvalue weighted by molar-refractivity contribution is -0.126. The van der Waals surface area contributed by atoms with Gasteiger partial charge >= 0.3 is 0 Å². The third kappa shape index (κ3) is 4.42. The largest absolute Gasteiger partial charge is 0.312 e. The van der Waals surface area contributed by atoms with Gasteiger partial charge in [-0.1, -0.05) is 19.1 Å². The molecule has 10 heteroatoms. The predicted octanol–water partition coefficient (Wildman–Crippen LogP) is 1.04. The zero-order chi connectivity index (χ0) is 21.8. The molecule has 0 aliphatic carbocycles. The number of rotatable bonds is 5. The lowest BCUT2D eigenvalue weighted by Gasteiger charge is -2.17. The number of carbonyl (C=O) groups excluding carboxylic acids is 3. The zero-order valence-corrected chi connectivity index (χ0v) is 16.9. The van der Waals surface area contributed by atoms with Gasteiger partial charge in [0.25, 0.3) is 5.91 Å². The van der Waals surface area contributed by atoms with Crippen LogP contribution in [0.15, 0.2) is 54.9 Å². The molecule has 1 saturated heterocycles. The van der Waals surface area contributed by atoms with Crippen molar-refractivity contribution in [2.45, 2.75) is 19.8 Å². The van der Waals surface area contributed by atoms with Crippen LogP contribution in [0.5, 0.6) is 0 Å². The van der Waals surface area contributed by atoms with Gasteiger partial charge in [0.1, 0.15) is 6.33 Å². The molecule has 1 aromatic heterocycles. The summed E-state index contributed by atoms with van der Waals surface area (Å²) in [6, 6.07) is 14.3. The van der Waals surface area contributed by atoms with Crippen molar-refractivity contribution in [1.82, 2.24) is 31.1 Å². The predicted molar refractivity (Wildman–Crippen MR) is 111 cm³/mol. The van der Waals surface area contributed by atoms with Crippen LogP contribution in [0.2, 0.25) is 0 Å². The summed E-state index contributed by atoms with van der Waals surface area (Å²) in [6.07, 6.45) is 2.46. The highest BCUT2D eigenvalue weighted by molar-refractivity contribution is 6.01. The number of hydrogen-bond acceptors (Lipinski definition) is 6. The van der Waals surface area contributed by atoms with Gasteiger partial charge in [-0.2, -0.15) is 0 Å². The van der Waals surface area contributed by atoms with Crippen LogP contribution in [-0.4, -0.2) is 44.5 Å². The van der Waals surface area contributed by atoms with Gasteiger partial charge < -0.3 is 4.90 Å². The Labute approximate surface area is 178 Å². The molecule has 0 saturated carbocycles. The summed E-state index contributed by atoms with van der Waals surface area (Å²) >= 11 is 0. The highest BCUT2D eigenvalue weighted by atomic mass is 16.2. The average Bonchev–Trinajstić information content (AvgIpc) is 3.48. The number of hydrogen-bond donors (Lipinski definition) is 2. The Morgan fingerprint density at radius 2 is 1.74 bits per heavy atom. The Bertz CT molecular complexity index is 1080. The number of tetrazole rings is 1. The first kappa shape index (κ1) is 20.2. The molecular formula is C21H21N7O3. The van der Waals surface area contributed by atoms with Crippen molar-refractivity contribution in [1.29, 1.82) is 0 Å². The Kier molecular flexibility index (Phi) is 5.69. The maximum atomic E-state index is 12.5. The number of nitrogens with one attached hydrogen (secondary N) is 2. The van der Waals surface area contributed by atoms with Crippen LogP contribution in [0.4, 0.5) is 5.69 Å². The van der Waals surface area contributed by atoms with E-state index >= 15 is 0 Å². The Balaban J connectivity index is 1.32. The second-order valence-electron chi connectivity index (χ2n) is 7.17. The van der Waals surface area contributed by atoms with E-state index in [1.54, 1.807) is 29.2 Å². The molecule has 2 aromatic carbocycles. The quantitative estimate of drug-likeness (QED) is 0.596. The van der Waals surface area contributed by atoms with Crippen molar-refractivity contribution in [3.05, 3.63) is 66.0 Å². The van der Waals surface area contributed by atoms with Crippen LogP contribution < -0.4 is 15.8 Å². The first-order chi connectivity index (χ1) is 15.0. The number of amides is 3. The fourth-order valence-corrected chi connectivity index (χ4v) is 3.38. The number of aromatic nitrogens is 4. The number of benzene rings is 2. The van der Waals surface area contributed by atoms with E-state index in [0.29, 0.717) is 11.3 Å². The fraction of sp³-hybridized carbons (Fsp3) is 0.238. The first-order valence-corrected chi connectivity index (χ1v) is 9.88. The molecule has 0 bridgehead atoms. The van der Waals surface area contributed by atoms with Gasteiger partial charge in [0.15, 0.2) is 0 Å². The van der Waals surface area contributed by atoms with E-state index in [2.05, 4.69) is 33.3 Å². The second kappa shape index (κ2) is 8.74. The molecule has 0 spiro atoms. The highest BCUT2D eigenvalue weighted by Gasteiger charge is 2.35. The first-order valence-electron chi connectivity index (χ1n) is 9.88. The van der Waals surface area contributed by atoms with E-state index < -0.39 is 17.7 Å². The van der Waals surface area contributed by atoms with Gasteiger partial charge in [-0.3, -0.25) is 25.2 Å². The number of nitrogens with zero attached hydrogens (tertiary/aromatic N) is 5. The minimum atomic E-state index is -0.541. The van der Waals surface area contributed by atoms with Crippen LogP contribution in [0.1, 0.15) is 29.3 Å². The van der Waals surface area contributed by atoms with Gasteiger partial charge in [-0.25, -0.2) is 4.68 Å². The van der Waals surface area contributed by atoms with E-state index in [-0.39, 0.29) is 18.9 Å². The van der Waals surface area contributed by atoms with Crippen molar-refractivity contribution in [2.24, 2.45) is 5.92 Å². The molecule has 4 rings (SSSR count). The smallest absolute Gasteiger partial charge is 0.269 e. The Morgan fingerprint density at radius 3 is 2.39 bits per heavy atom. The average molecular weight is 419 g/mol. The van der Waals surface area contributed by atoms with Gasteiger partial charge in [0.2, 0.25) is 11.8 Å². The zero-order valence-electron chi connectivity index (χ0n) is 16.9. The maximum Gasteiger partial charge on any atom is 0.269 e. The maximum absolute atomic E-state index is 12.5. The van der Waals surface area contributed by atoms with Crippen LogP contribution in [-0.2, 0) is 16.0 Å². The molecule has 1 aliphatic rings. The number of carbonyl (C=O) groups is 3. The standard InChI is InChI=1S/C21H21N7O3/c1-2-14-3-7-17(8-4-14)27-12-16(11-19(27)29)21(31)24-23-20(30)15-5-9-18(10-6-15)28-13-22-25-26-28/h3-10,13,16H,2,11-12H2,1H3,(H,23,30)(H,24,31). The minimum absolute atomic E-state index is 0.0951. The van der Waals surface area contributed by atoms with Crippen LogP contribution >= 0.6 is 0 Å². The summed E-state index contributed by atoms with van der Waals surface area (Å²) in [5.74, 6) is -1.53. The number of aryl methyl sites for hydroxylation is 1. The molecule has 1 unspecified atom stereocenters. The van der Waals surface area contributed by atoms with Crippen LogP contribution in [0, 0.1) is 5.92 Å². The summed E-state index contributed by atoms with van der Waals surface area (Å²) in [4.78, 5) is 38.8. The molecule has 1 aliphatic heterocycles. The van der Waals surface area contributed by atoms with E-state index in [1.165, 1.54) is 16.6 Å². The Morgan fingerprint density at radius 1 is 1.03 bits per heavy atom. The third-order valence-electron chi connectivity index (χ3n) is 5.19. The van der Waals surface area contributed by atoms with Gasteiger partial charge in [-0.15, -0.1) is 5.10 Å². The summed E-state index contributed by atoms with van der Waals surface area (Å²) in [5.41, 5.74) is 7.82. The van der Waals surface area contributed by atoms with Crippen molar-refractivity contribution in [3.8, 4) is 5.69 Å². The van der Waals surface area contributed by atoms with Gasteiger partial charge in [0.05, 0.1) is 11.6 Å². The third-order valence-corrected chi connectivity index (χ3v) is 5.19. The summed E-state index contributed by atoms with van der Waals surface area (Å²) in [7, 11) is 0. The summed E-state index contributed by atoms with van der Waals surface area (Å²) < 4.78 is 1.46. The molecule has 3 aromatic rings. The fourth-order valence-electron chi connectivity index (χ4n) is 3.38. The molecule has 2 heterocycles. The second-order valence-corrected chi connectivity index (χ2v) is 7.17. The van der Waals surface area contributed by atoms with E-state index in [9.17, 15) is 14.4 Å². The van der Waals surface area contributed by atoms with Crippen molar-refractivity contribution < 1.29 is 14.4 Å². The topological polar surface area (TPSA) is 122 Å². The van der Waals surface area contributed by atoms with E-state index in [1.807, 2.05) is 24.3 Å². The molecule has 1 atom stereocenters. The van der Waals surface area contributed by atoms with Crippen LogP contribution in [0.25, 0.3) is 5.69 Å². The van der Waals surface area contributed by atoms with E-state index in [0.717, 1.165) is 12.1 Å². The molecule has 2 N–H and O–H groups in total. The highest BCUT2D eigenvalue weighted by Crippen LogP contribution is 2.25. The van der Waals surface area contributed by atoms with Gasteiger partial charge in [0, 0.05) is 24.2 Å². The number of anilines is 1. The molecular weight excluding hydrogens is 398 g/mol. The molecule has 3 amide bonds. The summed E-state index contributed by atoms with van der Waals surface area (Å²) in [6.45, 7) is 2.33. The van der Waals surface area contributed by atoms with Crippen molar-refractivity contribution in [3.63, 3.8) is 0 Å². The van der Waals surface area contributed by atoms with E-state index in [4.69, 9.17) is 0 Å². The van der Waals surface area contributed by atoms with Gasteiger partial charge in [-0.05, 0) is 58.8 Å². The molecule has 0 radical (unpaired) electrons. The molecule has 158 valence electrons. The SMILES string of the molecule is CCc1ccc(N2CC(C(=O)NNC(=O)c3ccc(-n4cnnn4)cc3)CC2=O)cc1. The lowest BCUT2D eigenvalue weighted by Crippen LogP contribution is -2.45. The molecule has 31 heavy (non-hydrogen) atoms. The van der Waals surface area contributed by atoms with Crippen molar-refractivity contribution >= 4 is 23.4 Å². The minimum Gasteiger partial charge on any atom is -0.312 e. The monoisotopic (exact) mass is 419 g/mol. The molecule has 10 nitrogen and oxygen atoms in total. The van der Waals surface area contributed by atoms with Crippen LogP contribution in [0.3, 0.4) is 0 Å². The summed E-state index contributed by atoms with van der Waals surface area (Å²) in [5, 5.41) is 10.9. The van der Waals surface area contributed by atoms with Crippen molar-refractivity contribution in [2.75, 3.05) is 11.4 Å². The normalized spacial score (nSPS) is 15.7. The lowest BCUT2D eigenvalue weighted by atomic mass is 10.1. The Hall–Kier alpha value is -4.08. The molecule has 1 fully saturated rings.